The van der Waals surface area contributed by atoms with Gasteiger partial charge in [-0.2, -0.15) is 0 Å². The Hall–Kier alpha value is -1.52. The molecule has 0 aromatic heterocycles. The average molecular weight is 271 g/mol. The van der Waals surface area contributed by atoms with Gasteiger partial charge in [-0.1, -0.05) is 17.7 Å². The van der Waals surface area contributed by atoms with Gasteiger partial charge in [-0.3, -0.25) is 0 Å². The minimum absolute atomic E-state index is 0.428. The molecule has 0 saturated heterocycles. The molecule has 4 nitrogen and oxygen atoms in total. The number of ether oxygens (including phenoxy) is 2. The Morgan fingerprint density at radius 2 is 2.22 bits per heavy atom. The van der Waals surface area contributed by atoms with E-state index in [1.165, 1.54) is 6.08 Å². The number of aliphatic carboxylic acids is 1. The maximum absolute atomic E-state index is 10.4. The largest absolute Gasteiger partial charge is 0.490 e. The number of halogens is 1. The van der Waals surface area contributed by atoms with Crippen LogP contribution in [0.15, 0.2) is 24.3 Å². The summed E-state index contributed by atoms with van der Waals surface area (Å²) >= 11 is 6.01. The molecule has 1 aromatic rings. The Bertz CT molecular complexity index is 429. The number of hydrogen-bond acceptors (Lipinski definition) is 3. The van der Waals surface area contributed by atoms with Crippen LogP contribution in [0.4, 0.5) is 0 Å². The molecule has 1 aromatic carbocycles. The summed E-state index contributed by atoms with van der Waals surface area (Å²) in [7, 11) is 0. The second-order valence-electron chi connectivity index (χ2n) is 3.41. The van der Waals surface area contributed by atoms with Crippen molar-refractivity contribution in [1.29, 1.82) is 0 Å². The van der Waals surface area contributed by atoms with Crippen LogP contribution in [-0.2, 0) is 9.53 Å². The van der Waals surface area contributed by atoms with E-state index in [9.17, 15) is 4.79 Å². The molecular formula is C13H15ClO4. The number of carbonyl (C=O) groups is 1. The average Bonchev–Trinajstić information content (AvgIpc) is 2.34. The van der Waals surface area contributed by atoms with Gasteiger partial charge >= 0.3 is 5.97 Å². The smallest absolute Gasteiger partial charge is 0.328 e. The van der Waals surface area contributed by atoms with Gasteiger partial charge in [0.2, 0.25) is 0 Å². The zero-order valence-corrected chi connectivity index (χ0v) is 10.8. The molecule has 0 aliphatic rings. The summed E-state index contributed by atoms with van der Waals surface area (Å²) in [6.45, 7) is 3.50. The van der Waals surface area contributed by atoms with Gasteiger partial charge in [0.05, 0.1) is 11.6 Å². The highest BCUT2D eigenvalue weighted by molar-refractivity contribution is 6.32. The molecule has 0 fully saturated rings. The first kappa shape index (κ1) is 14.5. The minimum atomic E-state index is -0.997. The molecule has 0 aliphatic carbocycles. The number of benzene rings is 1. The van der Waals surface area contributed by atoms with Crippen LogP contribution >= 0.6 is 11.6 Å². The first-order chi connectivity index (χ1) is 8.63. The number of rotatable bonds is 7. The Morgan fingerprint density at radius 3 is 2.83 bits per heavy atom. The van der Waals surface area contributed by atoms with Crippen LogP contribution in [0.25, 0.3) is 6.08 Å². The molecule has 1 rings (SSSR count). The van der Waals surface area contributed by atoms with Gasteiger partial charge in [0, 0.05) is 12.7 Å². The molecule has 0 amide bonds. The molecule has 0 aliphatic heterocycles. The van der Waals surface area contributed by atoms with Crippen molar-refractivity contribution in [3.05, 3.63) is 34.9 Å². The van der Waals surface area contributed by atoms with Crippen molar-refractivity contribution >= 4 is 23.6 Å². The van der Waals surface area contributed by atoms with E-state index < -0.39 is 5.97 Å². The Balaban J connectivity index is 2.59. The van der Waals surface area contributed by atoms with Crippen LogP contribution in [0.5, 0.6) is 5.75 Å². The third-order valence-electron chi connectivity index (χ3n) is 2.06. The van der Waals surface area contributed by atoms with Crippen molar-refractivity contribution in [2.24, 2.45) is 0 Å². The van der Waals surface area contributed by atoms with Crippen LogP contribution in [0.1, 0.15) is 12.5 Å². The molecule has 0 heterocycles. The van der Waals surface area contributed by atoms with Crippen molar-refractivity contribution in [1.82, 2.24) is 0 Å². The highest BCUT2D eigenvalue weighted by Crippen LogP contribution is 2.25. The fraction of sp³-hybridized carbons (Fsp3) is 0.308. The summed E-state index contributed by atoms with van der Waals surface area (Å²) < 4.78 is 10.6. The SMILES string of the molecule is CCOCCOc1ccc(C=CC(=O)O)cc1Cl. The molecule has 1 N–H and O–H groups in total. The topological polar surface area (TPSA) is 55.8 Å². The normalized spacial score (nSPS) is 10.8. The maximum atomic E-state index is 10.4. The lowest BCUT2D eigenvalue weighted by atomic mass is 10.2. The molecule has 0 bridgehead atoms. The third-order valence-corrected chi connectivity index (χ3v) is 2.36. The summed E-state index contributed by atoms with van der Waals surface area (Å²) in [5.74, 6) is -0.438. The number of carboxylic acids is 1. The van der Waals surface area contributed by atoms with Crippen molar-refractivity contribution in [2.75, 3.05) is 19.8 Å². The monoisotopic (exact) mass is 270 g/mol. The molecule has 0 saturated carbocycles. The molecular weight excluding hydrogens is 256 g/mol. The predicted molar refractivity (Wildman–Crippen MR) is 70.1 cm³/mol. The fourth-order valence-electron chi connectivity index (χ4n) is 1.26. The maximum Gasteiger partial charge on any atom is 0.328 e. The van der Waals surface area contributed by atoms with Crippen molar-refractivity contribution in [2.45, 2.75) is 6.92 Å². The number of carboxylic acid groups (broad SMARTS) is 1. The van der Waals surface area contributed by atoms with E-state index in [0.717, 1.165) is 6.08 Å². The second kappa shape index (κ2) is 7.74. The zero-order chi connectivity index (χ0) is 13.4. The molecule has 0 spiro atoms. The van der Waals surface area contributed by atoms with Crippen molar-refractivity contribution < 1.29 is 19.4 Å². The van der Waals surface area contributed by atoms with E-state index in [4.69, 9.17) is 26.2 Å². The highest BCUT2D eigenvalue weighted by atomic mass is 35.5. The van der Waals surface area contributed by atoms with Crippen LogP contribution in [-0.4, -0.2) is 30.9 Å². The predicted octanol–water partition coefficient (Wildman–Crippen LogP) is 2.85. The third kappa shape index (κ3) is 5.21. The first-order valence-electron chi connectivity index (χ1n) is 5.54. The van der Waals surface area contributed by atoms with Gasteiger partial charge in [0.1, 0.15) is 12.4 Å². The van der Waals surface area contributed by atoms with Crippen LogP contribution < -0.4 is 4.74 Å². The lowest BCUT2D eigenvalue weighted by Crippen LogP contribution is -2.06. The van der Waals surface area contributed by atoms with Gasteiger partial charge in [-0.25, -0.2) is 4.79 Å². The summed E-state index contributed by atoms with van der Waals surface area (Å²) in [6.07, 6.45) is 2.53. The van der Waals surface area contributed by atoms with E-state index in [1.54, 1.807) is 18.2 Å². The molecule has 18 heavy (non-hydrogen) atoms. The minimum Gasteiger partial charge on any atom is -0.490 e. The van der Waals surface area contributed by atoms with E-state index in [-0.39, 0.29) is 0 Å². The van der Waals surface area contributed by atoms with Gasteiger partial charge in [0.25, 0.3) is 0 Å². The summed E-state index contributed by atoms with van der Waals surface area (Å²) in [6, 6.07) is 5.09. The molecule has 0 unspecified atom stereocenters. The van der Waals surface area contributed by atoms with E-state index in [0.29, 0.717) is 36.2 Å². The van der Waals surface area contributed by atoms with E-state index in [2.05, 4.69) is 0 Å². The van der Waals surface area contributed by atoms with Crippen LogP contribution in [0, 0.1) is 0 Å². The Morgan fingerprint density at radius 1 is 1.44 bits per heavy atom. The highest BCUT2D eigenvalue weighted by Gasteiger charge is 2.02. The van der Waals surface area contributed by atoms with Crippen molar-refractivity contribution in [3.63, 3.8) is 0 Å². The lowest BCUT2D eigenvalue weighted by molar-refractivity contribution is -0.131. The zero-order valence-electron chi connectivity index (χ0n) is 10.1. The summed E-state index contributed by atoms with van der Waals surface area (Å²) in [4.78, 5) is 10.4. The van der Waals surface area contributed by atoms with Gasteiger partial charge in [-0.15, -0.1) is 0 Å². The Labute approximate surface area is 111 Å². The fourth-order valence-corrected chi connectivity index (χ4v) is 1.50. The van der Waals surface area contributed by atoms with Gasteiger partial charge in [-0.05, 0) is 30.7 Å². The molecule has 5 heteroatoms. The standard InChI is InChI=1S/C13H15ClO4/c1-2-17-7-8-18-12-5-3-10(9-11(12)14)4-6-13(15)16/h3-6,9H,2,7-8H2,1H3,(H,15,16). The Kier molecular flexibility index (Phi) is 6.25. The van der Waals surface area contributed by atoms with Gasteiger partial charge in [0.15, 0.2) is 0 Å². The summed E-state index contributed by atoms with van der Waals surface area (Å²) in [5, 5.41) is 8.95. The van der Waals surface area contributed by atoms with E-state index >= 15 is 0 Å². The van der Waals surface area contributed by atoms with E-state index in [1.807, 2.05) is 6.92 Å². The quantitative estimate of drug-likeness (QED) is 0.611. The lowest BCUT2D eigenvalue weighted by Gasteiger charge is -2.08. The van der Waals surface area contributed by atoms with Crippen LogP contribution in [0.2, 0.25) is 5.02 Å². The van der Waals surface area contributed by atoms with Crippen molar-refractivity contribution in [3.8, 4) is 5.75 Å². The molecule has 98 valence electrons. The first-order valence-corrected chi connectivity index (χ1v) is 5.92. The number of hydrogen-bond donors (Lipinski definition) is 1. The second-order valence-corrected chi connectivity index (χ2v) is 3.81. The summed E-state index contributed by atoms with van der Waals surface area (Å²) in [5.41, 5.74) is 0.708. The molecule has 0 radical (unpaired) electrons. The van der Waals surface area contributed by atoms with Crippen LogP contribution in [0.3, 0.4) is 0 Å². The molecule has 0 atom stereocenters. The van der Waals surface area contributed by atoms with Gasteiger partial charge < -0.3 is 14.6 Å².